The Labute approximate surface area is 119 Å². The summed E-state index contributed by atoms with van der Waals surface area (Å²) >= 11 is 0. The highest BCUT2D eigenvalue weighted by Gasteiger charge is 2.28. The predicted molar refractivity (Wildman–Crippen MR) is 77.3 cm³/mol. The first-order chi connectivity index (χ1) is 9.67. The highest BCUT2D eigenvalue weighted by Crippen LogP contribution is 2.24. The van der Waals surface area contributed by atoms with E-state index in [1.807, 2.05) is 6.92 Å². The Balaban J connectivity index is 2.12. The average Bonchev–Trinajstić information content (AvgIpc) is 2.90. The maximum absolute atomic E-state index is 14.2. The molecule has 1 aromatic rings. The summed E-state index contributed by atoms with van der Waals surface area (Å²) in [5.41, 5.74) is 0.119. The molecule has 1 fully saturated rings. The lowest BCUT2D eigenvalue weighted by Crippen LogP contribution is -2.29. The van der Waals surface area contributed by atoms with Crippen molar-refractivity contribution in [2.24, 2.45) is 5.92 Å². The molecule has 4 nitrogen and oxygen atoms in total. The standard InChI is InChI=1S/C15H22FN3O/c1-3-5-11-7-9-19(10-11)15(20)12-6-8-18-14(13(12)16)17-4-2/h6,8,11H,3-5,7,9-10H2,1-2H3,(H,17,18). The van der Waals surface area contributed by atoms with E-state index in [1.165, 1.54) is 12.3 Å². The second-order valence-corrected chi connectivity index (χ2v) is 5.25. The molecule has 0 aromatic carbocycles. The van der Waals surface area contributed by atoms with Crippen molar-refractivity contribution < 1.29 is 9.18 Å². The Hall–Kier alpha value is -1.65. The summed E-state index contributed by atoms with van der Waals surface area (Å²) in [5.74, 6) is -0.0503. The van der Waals surface area contributed by atoms with E-state index in [0.717, 1.165) is 32.4 Å². The second kappa shape index (κ2) is 6.68. The van der Waals surface area contributed by atoms with Crippen LogP contribution >= 0.6 is 0 Å². The van der Waals surface area contributed by atoms with Gasteiger partial charge in [0.1, 0.15) is 0 Å². The lowest BCUT2D eigenvalue weighted by molar-refractivity contribution is 0.0782. The third-order valence-corrected chi connectivity index (χ3v) is 3.73. The van der Waals surface area contributed by atoms with Crippen LogP contribution in [0.1, 0.15) is 43.5 Å². The Morgan fingerprint density at radius 3 is 3.05 bits per heavy atom. The first-order valence-electron chi connectivity index (χ1n) is 7.35. The normalized spacial score (nSPS) is 18.4. The van der Waals surface area contributed by atoms with Crippen molar-refractivity contribution in [1.29, 1.82) is 0 Å². The van der Waals surface area contributed by atoms with Crippen molar-refractivity contribution >= 4 is 11.7 Å². The molecule has 1 atom stereocenters. The molecule has 1 amide bonds. The largest absolute Gasteiger partial charge is 0.368 e. The van der Waals surface area contributed by atoms with Gasteiger partial charge in [0, 0.05) is 25.8 Å². The third kappa shape index (κ3) is 3.08. The van der Waals surface area contributed by atoms with Crippen LogP contribution in [0.2, 0.25) is 0 Å². The summed E-state index contributed by atoms with van der Waals surface area (Å²) in [6.45, 7) is 6.05. The number of pyridine rings is 1. The topological polar surface area (TPSA) is 45.2 Å². The number of nitrogens with zero attached hydrogens (tertiary/aromatic N) is 2. The van der Waals surface area contributed by atoms with Gasteiger partial charge in [-0.05, 0) is 31.7 Å². The quantitative estimate of drug-likeness (QED) is 0.901. The molecule has 1 N–H and O–H groups in total. The predicted octanol–water partition coefficient (Wildman–Crippen LogP) is 2.91. The van der Waals surface area contributed by atoms with Crippen LogP contribution in [0.25, 0.3) is 0 Å². The summed E-state index contributed by atoms with van der Waals surface area (Å²) in [7, 11) is 0. The summed E-state index contributed by atoms with van der Waals surface area (Å²) in [6.07, 6.45) is 4.76. The van der Waals surface area contributed by atoms with Gasteiger partial charge < -0.3 is 10.2 Å². The number of carbonyl (C=O) groups is 1. The molecule has 0 saturated carbocycles. The van der Waals surface area contributed by atoms with Gasteiger partial charge in [-0.1, -0.05) is 13.3 Å². The van der Waals surface area contributed by atoms with Crippen LogP contribution in [0.15, 0.2) is 12.3 Å². The second-order valence-electron chi connectivity index (χ2n) is 5.25. The molecule has 1 unspecified atom stereocenters. The van der Waals surface area contributed by atoms with E-state index in [-0.39, 0.29) is 17.3 Å². The van der Waals surface area contributed by atoms with Gasteiger partial charge in [-0.15, -0.1) is 0 Å². The number of carbonyl (C=O) groups excluding carboxylic acids is 1. The van der Waals surface area contributed by atoms with Crippen molar-refractivity contribution in [2.75, 3.05) is 25.0 Å². The van der Waals surface area contributed by atoms with E-state index in [4.69, 9.17) is 0 Å². The van der Waals surface area contributed by atoms with Crippen molar-refractivity contribution in [1.82, 2.24) is 9.88 Å². The van der Waals surface area contributed by atoms with Crippen LogP contribution in [0.4, 0.5) is 10.2 Å². The molecule has 0 aliphatic carbocycles. The van der Waals surface area contributed by atoms with Crippen molar-refractivity contribution in [3.8, 4) is 0 Å². The number of rotatable bonds is 5. The van der Waals surface area contributed by atoms with E-state index in [1.54, 1.807) is 4.90 Å². The molecular formula is C15H22FN3O. The molecule has 110 valence electrons. The summed E-state index contributed by atoms with van der Waals surface area (Å²) in [5, 5.41) is 2.83. The minimum absolute atomic E-state index is 0.119. The van der Waals surface area contributed by atoms with Gasteiger partial charge in [0.2, 0.25) is 0 Å². The Bertz CT molecular complexity index is 478. The van der Waals surface area contributed by atoms with E-state index in [0.29, 0.717) is 12.5 Å². The summed E-state index contributed by atoms with van der Waals surface area (Å²) in [4.78, 5) is 18.1. The van der Waals surface area contributed by atoms with Crippen LogP contribution in [0.5, 0.6) is 0 Å². The molecular weight excluding hydrogens is 257 g/mol. The molecule has 2 rings (SSSR count). The number of anilines is 1. The number of likely N-dealkylation sites (tertiary alicyclic amines) is 1. The molecule has 0 bridgehead atoms. The van der Waals surface area contributed by atoms with E-state index >= 15 is 0 Å². The van der Waals surface area contributed by atoms with Crippen LogP contribution in [0.3, 0.4) is 0 Å². The monoisotopic (exact) mass is 279 g/mol. The number of hydrogen-bond donors (Lipinski definition) is 1. The summed E-state index contributed by atoms with van der Waals surface area (Å²) in [6, 6.07) is 1.46. The minimum atomic E-state index is -0.543. The van der Waals surface area contributed by atoms with Crippen molar-refractivity contribution in [3.05, 3.63) is 23.6 Å². The summed E-state index contributed by atoms with van der Waals surface area (Å²) < 4.78 is 14.2. The lowest BCUT2D eigenvalue weighted by Gasteiger charge is -2.17. The van der Waals surface area contributed by atoms with Gasteiger partial charge in [-0.3, -0.25) is 4.79 Å². The Morgan fingerprint density at radius 1 is 1.55 bits per heavy atom. The van der Waals surface area contributed by atoms with Gasteiger partial charge in [0.15, 0.2) is 11.6 Å². The van der Waals surface area contributed by atoms with Gasteiger partial charge in [-0.2, -0.15) is 0 Å². The molecule has 1 saturated heterocycles. The number of aromatic nitrogens is 1. The van der Waals surface area contributed by atoms with Gasteiger partial charge in [-0.25, -0.2) is 9.37 Å². The molecule has 2 heterocycles. The van der Waals surface area contributed by atoms with Crippen molar-refractivity contribution in [2.45, 2.75) is 33.1 Å². The average molecular weight is 279 g/mol. The number of amides is 1. The number of hydrogen-bond acceptors (Lipinski definition) is 3. The van der Waals surface area contributed by atoms with Crippen LogP contribution in [-0.4, -0.2) is 35.4 Å². The Morgan fingerprint density at radius 2 is 2.35 bits per heavy atom. The number of nitrogens with one attached hydrogen (secondary N) is 1. The van der Waals surface area contributed by atoms with Gasteiger partial charge in [0.25, 0.3) is 5.91 Å². The van der Waals surface area contributed by atoms with Crippen molar-refractivity contribution in [3.63, 3.8) is 0 Å². The molecule has 1 aliphatic rings. The fourth-order valence-corrected chi connectivity index (χ4v) is 2.73. The highest BCUT2D eigenvalue weighted by molar-refractivity contribution is 5.95. The van der Waals surface area contributed by atoms with E-state index in [2.05, 4.69) is 17.2 Å². The molecule has 0 radical (unpaired) electrons. The smallest absolute Gasteiger partial charge is 0.257 e. The Kier molecular flexibility index (Phi) is 4.93. The highest BCUT2D eigenvalue weighted by atomic mass is 19.1. The zero-order valence-corrected chi connectivity index (χ0v) is 12.2. The molecule has 5 heteroatoms. The maximum Gasteiger partial charge on any atom is 0.257 e. The van der Waals surface area contributed by atoms with Crippen LogP contribution < -0.4 is 5.32 Å². The zero-order valence-electron chi connectivity index (χ0n) is 12.2. The molecule has 0 spiro atoms. The SMILES string of the molecule is CCCC1CCN(C(=O)c2ccnc(NCC)c2F)C1. The van der Waals surface area contributed by atoms with Crippen LogP contribution in [0, 0.1) is 11.7 Å². The fraction of sp³-hybridized carbons (Fsp3) is 0.600. The van der Waals surface area contributed by atoms with Crippen LogP contribution in [-0.2, 0) is 0 Å². The first kappa shape index (κ1) is 14.8. The van der Waals surface area contributed by atoms with Gasteiger partial charge >= 0.3 is 0 Å². The molecule has 1 aliphatic heterocycles. The van der Waals surface area contributed by atoms with Gasteiger partial charge in [0.05, 0.1) is 5.56 Å². The zero-order chi connectivity index (χ0) is 14.5. The fourth-order valence-electron chi connectivity index (χ4n) is 2.73. The lowest BCUT2D eigenvalue weighted by atomic mass is 10.0. The van der Waals surface area contributed by atoms with E-state index < -0.39 is 5.82 Å². The molecule has 20 heavy (non-hydrogen) atoms. The number of halogens is 1. The first-order valence-corrected chi connectivity index (χ1v) is 7.35. The third-order valence-electron chi connectivity index (χ3n) is 3.73. The minimum Gasteiger partial charge on any atom is -0.368 e. The molecule has 1 aromatic heterocycles. The van der Waals surface area contributed by atoms with E-state index in [9.17, 15) is 9.18 Å². The maximum atomic E-state index is 14.2.